The molecular weight excluding hydrogens is 312 g/mol. The number of alkyl halides is 2. The van der Waals surface area contributed by atoms with Crippen molar-refractivity contribution in [3.05, 3.63) is 29.8 Å². The Labute approximate surface area is 132 Å². The number of likely N-dealkylation sites (N-methyl/N-ethyl adjacent to an activating group) is 1. The normalized spacial score (nSPS) is 12.7. The molecule has 0 saturated carbocycles. The molecule has 8 heteroatoms. The number of halogens is 2. The van der Waals surface area contributed by atoms with E-state index in [4.69, 9.17) is 4.74 Å². The van der Waals surface area contributed by atoms with E-state index >= 15 is 0 Å². The molecule has 1 rings (SSSR count). The molecular formula is C15H19F2NO5. The second-order valence-corrected chi connectivity index (χ2v) is 5.75. The van der Waals surface area contributed by atoms with Crippen LogP contribution >= 0.6 is 0 Å². The van der Waals surface area contributed by atoms with Gasteiger partial charge >= 0.3 is 18.7 Å². The maximum Gasteiger partial charge on any atom is 0.411 e. The van der Waals surface area contributed by atoms with Crippen molar-refractivity contribution in [1.82, 2.24) is 4.90 Å². The molecule has 0 spiro atoms. The summed E-state index contributed by atoms with van der Waals surface area (Å²) in [7, 11) is 1.21. The molecule has 23 heavy (non-hydrogen) atoms. The topological polar surface area (TPSA) is 76.1 Å². The SMILES string of the molecule is CN(C(=O)OC(C)(C)C)C(C(=O)O)c1ccccc1OC(F)F. The monoisotopic (exact) mass is 331 g/mol. The Kier molecular flexibility index (Phi) is 5.89. The molecule has 0 aliphatic heterocycles. The molecule has 1 atom stereocenters. The Balaban J connectivity index is 3.17. The second kappa shape index (κ2) is 7.26. The molecule has 0 radical (unpaired) electrons. The smallest absolute Gasteiger partial charge is 0.411 e. The number of hydrogen-bond donors (Lipinski definition) is 1. The van der Waals surface area contributed by atoms with Crippen LogP contribution in [0.2, 0.25) is 0 Å². The van der Waals surface area contributed by atoms with Gasteiger partial charge in [-0.3, -0.25) is 4.90 Å². The Morgan fingerprint density at radius 1 is 1.22 bits per heavy atom. The fourth-order valence-corrected chi connectivity index (χ4v) is 1.86. The first-order chi connectivity index (χ1) is 10.5. The van der Waals surface area contributed by atoms with Gasteiger partial charge in [-0.25, -0.2) is 9.59 Å². The predicted octanol–water partition coefficient (Wildman–Crippen LogP) is 3.28. The Bertz CT molecular complexity index is 571. The average molecular weight is 331 g/mol. The van der Waals surface area contributed by atoms with Gasteiger partial charge in [-0.2, -0.15) is 8.78 Å². The third-order valence-electron chi connectivity index (χ3n) is 2.73. The van der Waals surface area contributed by atoms with Gasteiger partial charge in [0.1, 0.15) is 11.4 Å². The highest BCUT2D eigenvalue weighted by molar-refractivity contribution is 5.82. The number of carbonyl (C=O) groups excluding carboxylic acids is 1. The van der Waals surface area contributed by atoms with E-state index in [1.165, 1.54) is 31.3 Å². The van der Waals surface area contributed by atoms with E-state index in [9.17, 15) is 23.5 Å². The van der Waals surface area contributed by atoms with E-state index in [0.717, 1.165) is 4.90 Å². The molecule has 128 valence electrons. The van der Waals surface area contributed by atoms with Crippen LogP contribution in [0.5, 0.6) is 5.75 Å². The van der Waals surface area contributed by atoms with Crippen molar-refractivity contribution in [2.75, 3.05) is 7.05 Å². The number of carboxylic acid groups (broad SMARTS) is 1. The number of amides is 1. The molecule has 0 aromatic heterocycles. The number of para-hydroxylation sites is 1. The van der Waals surface area contributed by atoms with E-state index in [0.29, 0.717) is 0 Å². The Morgan fingerprint density at radius 3 is 2.26 bits per heavy atom. The van der Waals surface area contributed by atoms with Gasteiger partial charge in [0.25, 0.3) is 0 Å². The first-order valence-electron chi connectivity index (χ1n) is 6.75. The minimum Gasteiger partial charge on any atom is -0.479 e. The molecule has 0 aliphatic rings. The molecule has 0 bridgehead atoms. The zero-order valence-corrected chi connectivity index (χ0v) is 13.2. The number of hydrogen-bond acceptors (Lipinski definition) is 4. The highest BCUT2D eigenvalue weighted by atomic mass is 19.3. The van der Waals surface area contributed by atoms with Gasteiger partial charge in [0, 0.05) is 12.6 Å². The van der Waals surface area contributed by atoms with E-state index in [1.807, 2.05) is 0 Å². The number of benzene rings is 1. The van der Waals surface area contributed by atoms with E-state index in [1.54, 1.807) is 20.8 Å². The van der Waals surface area contributed by atoms with Crippen molar-refractivity contribution < 1.29 is 33.0 Å². The number of nitrogens with zero attached hydrogens (tertiary/aromatic N) is 1. The van der Waals surface area contributed by atoms with Crippen molar-refractivity contribution in [3.63, 3.8) is 0 Å². The van der Waals surface area contributed by atoms with Crippen molar-refractivity contribution in [1.29, 1.82) is 0 Å². The molecule has 0 heterocycles. The zero-order valence-electron chi connectivity index (χ0n) is 13.2. The average Bonchev–Trinajstić information content (AvgIpc) is 2.37. The van der Waals surface area contributed by atoms with Crippen LogP contribution in [-0.4, -0.2) is 41.3 Å². The van der Waals surface area contributed by atoms with Gasteiger partial charge in [0.15, 0.2) is 6.04 Å². The summed E-state index contributed by atoms with van der Waals surface area (Å²) in [5.74, 6) is -1.71. The first kappa shape index (κ1) is 18.7. The highest BCUT2D eigenvalue weighted by Crippen LogP contribution is 2.31. The quantitative estimate of drug-likeness (QED) is 0.896. The van der Waals surface area contributed by atoms with Crippen LogP contribution in [-0.2, 0) is 9.53 Å². The first-order valence-corrected chi connectivity index (χ1v) is 6.75. The van der Waals surface area contributed by atoms with Crippen LogP contribution in [0.3, 0.4) is 0 Å². The van der Waals surface area contributed by atoms with E-state index in [-0.39, 0.29) is 11.3 Å². The van der Waals surface area contributed by atoms with Gasteiger partial charge in [0.05, 0.1) is 0 Å². The minimum absolute atomic E-state index is 0.0753. The van der Waals surface area contributed by atoms with Crippen LogP contribution in [0.1, 0.15) is 32.4 Å². The van der Waals surface area contributed by atoms with Crippen LogP contribution < -0.4 is 4.74 Å². The summed E-state index contributed by atoms with van der Waals surface area (Å²) in [6.45, 7) is 1.77. The maximum absolute atomic E-state index is 12.5. The molecule has 1 amide bonds. The molecule has 6 nitrogen and oxygen atoms in total. The molecule has 1 unspecified atom stereocenters. The standard InChI is InChI=1S/C15H19F2NO5/c1-15(2,3)23-14(21)18(4)11(12(19)20)9-7-5-6-8-10(9)22-13(16)17/h5-8,11,13H,1-4H3,(H,19,20). The second-order valence-electron chi connectivity index (χ2n) is 5.75. The van der Waals surface area contributed by atoms with Gasteiger partial charge in [0.2, 0.25) is 0 Å². The molecule has 0 saturated heterocycles. The Morgan fingerprint density at radius 2 is 1.78 bits per heavy atom. The summed E-state index contributed by atoms with van der Waals surface area (Å²) in [4.78, 5) is 24.4. The summed E-state index contributed by atoms with van der Waals surface area (Å²) in [6.07, 6.45) is -0.892. The van der Waals surface area contributed by atoms with Gasteiger partial charge < -0.3 is 14.6 Å². The number of rotatable bonds is 5. The van der Waals surface area contributed by atoms with Crippen LogP contribution in [0.4, 0.5) is 13.6 Å². The Hall–Kier alpha value is -2.38. The molecule has 1 aromatic rings. The molecule has 1 N–H and O–H groups in total. The van der Waals surface area contributed by atoms with Gasteiger partial charge in [-0.05, 0) is 26.8 Å². The molecule has 0 fully saturated rings. The number of ether oxygens (including phenoxy) is 2. The van der Waals surface area contributed by atoms with Crippen molar-refractivity contribution >= 4 is 12.1 Å². The van der Waals surface area contributed by atoms with Crippen LogP contribution in [0.25, 0.3) is 0 Å². The third kappa shape index (κ3) is 5.39. The predicted molar refractivity (Wildman–Crippen MR) is 77.4 cm³/mol. The van der Waals surface area contributed by atoms with Crippen LogP contribution in [0, 0.1) is 0 Å². The third-order valence-corrected chi connectivity index (χ3v) is 2.73. The summed E-state index contributed by atoms with van der Waals surface area (Å²) in [5, 5.41) is 9.41. The summed E-state index contributed by atoms with van der Waals surface area (Å²) < 4.78 is 34.4. The number of carbonyl (C=O) groups is 2. The van der Waals surface area contributed by atoms with Crippen molar-refractivity contribution in [3.8, 4) is 5.75 Å². The summed E-state index contributed by atoms with van der Waals surface area (Å²) >= 11 is 0. The fraction of sp³-hybridized carbons (Fsp3) is 0.467. The van der Waals surface area contributed by atoms with E-state index < -0.39 is 30.3 Å². The van der Waals surface area contributed by atoms with Crippen molar-refractivity contribution in [2.45, 2.75) is 39.0 Å². The summed E-state index contributed by atoms with van der Waals surface area (Å²) in [6, 6.07) is 3.87. The maximum atomic E-state index is 12.5. The summed E-state index contributed by atoms with van der Waals surface area (Å²) in [5.41, 5.74) is -0.901. The van der Waals surface area contributed by atoms with Crippen molar-refractivity contribution in [2.24, 2.45) is 0 Å². The zero-order chi connectivity index (χ0) is 17.8. The number of aliphatic carboxylic acids is 1. The lowest BCUT2D eigenvalue weighted by atomic mass is 10.0. The molecule has 0 aliphatic carbocycles. The van der Waals surface area contributed by atoms with Gasteiger partial charge in [-0.15, -0.1) is 0 Å². The lowest BCUT2D eigenvalue weighted by Crippen LogP contribution is -2.39. The largest absolute Gasteiger partial charge is 0.479 e. The van der Waals surface area contributed by atoms with Gasteiger partial charge in [-0.1, -0.05) is 18.2 Å². The number of carboxylic acids is 1. The van der Waals surface area contributed by atoms with Crippen LogP contribution in [0.15, 0.2) is 24.3 Å². The minimum atomic E-state index is -3.11. The molecule has 1 aromatic carbocycles. The lowest BCUT2D eigenvalue weighted by Gasteiger charge is -2.29. The highest BCUT2D eigenvalue weighted by Gasteiger charge is 2.33. The fourth-order valence-electron chi connectivity index (χ4n) is 1.86. The lowest BCUT2D eigenvalue weighted by molar-refractivity contribution is -0.143. The van der Waals surface area contributed by atoms with E-state index in [2.05, 4.69) is 4.74 Å².